The number of amides is 1. The average molecular weight is 431 g/mol. The number of nitrogens with zero attached hydrogens (tertiary/aromatic N) is 2. The first kappa shape index (κ1) is 24.1. The van der Waals surface area contributed by atoms with Crippen molar-refractivity contribution in [3.8, 4) is 0 Å². The van der Waals surface area contributed by atoms with Gasteiger partial charge in [0.15, 0.2) is 5.69 Å². The van der Waals surface area contributed by atoms with Gasteiger partial charge in [-0.3, -0.25) is 4.79 Å². The zero-order valence-electron chi connectivity index (χ0n) is 18.9. The summed E-state index contributed by atoms with van der Waals surface area (Å²) in [5.41, 5.74) is 1.85. The summed E-state index contributed by atoms with van der Waals surface area (Å²) in [5.74, 6) is -0.462. The molecular weight excluding hydrogens is 396 g/mol. The molecule has 0 saturated heterocycles. The highest BCUT2D eigenvalue weighted by Crippen LogP contribution is 2.23. The molecule has 1 aromatic carbocycles. The molecule has 1 aromatic heterocycles. The maximum Gasteiger partial charge on any atom is 0.357 e. The molecule has 2 rings (SSSR count). The molecule has 5 nitrogen and oxygen atoms in total. The Hall–Kier alpha value is -2.21. The second-order valence-electron chi connectivity index (χ2n) is 8.42. The van der Waals surface area contributed by atoms with E-state index in [0.29, 0.717) is 29.4 Å². The summed E-state index contributed by atoms with van der Waals surface area (Å²) in [4.78, 5) is 31.3. The third-order valence-electron chi connectivity index (χ3n) is 4.90. The smallest absolute Gasteiger partial charge is 0.357 e. The van der Waals surface area contributed by atoms with Gasteiger partial charge >= 0.3 is 5.97 Å². The molecule has 1 heterocycles. The van der Waals surface area contributed by atoms with E-state index in [9.17, 15) is 9.59 Å². The Morgan fingerprint density at radius 2 is 1.77 bits per heavy atom. The van der Waals surface area contributed by atoms with E-state index in [-0.39, 0.29) is 11.4 Å². The van der Waals surface area contributed by atoms with Gasteiger partial charge in [0, 0.05) is 16.5 Å². The van der Waals surface area contributed by atoms with Crippen molar-refractivity contribution < 1.29 is 14.3 Å². The van der Waals surface area contributed by atoms with Crippen LogP contribution < -0.4 is 0 Å². The standard InChI is InChI=1S/C24H34N2O3S/c1-6-8-9-10-11-18-12-14-19(15-13-18)22(27)26(24(3,4)5)16-21-25-20(17-30-21)23(28)29-7-2/h12-15,17H,6-11,16H2,1-5H3. The third-order valence-corrected chi connectivity index (χ3v) is 5.74. The number of aromatic nitrogens is 1. The van der Waals surface area contributed by atoms with E-state index >= 15 is 0 Å². The van der Waals surface area contributed by atoms with Crippen LogP contribution >= 0.6 is 11.3 Å². The minimum absolute atomic E-state index is 0.0343. The first-order valence-electron chi connectivity index (χ1n) is 10.8. The Bertz CT molecular complexity index is 822. The fraction of sp³-hybridized carbons (Fsp3) is 0.542. The van der Waals surface area contributed by atoms with Crippen LogP contribution in [-0.2, 0) is 17.7 Å². The lowest BCUT2D eigenvalue weighted by Gasteiger charge is -2.35. The van der Waals surface area contributed by atoms with Crippen molar-refractivity contribution in [2.45, 2.75) is 78.8 Å². The van der Waals surface area contributed by atoms with Gasteiger partial charge in [-0.25, -0.2) is 9.78 Å². The number of benzene rings is 1. The Balaban J connectivity index is 2.10. The van der Waals surface area contributed by atoms with Gasteiger partial charge in [0.25, 0.3) is 5.91 Å². The molecule has 0 aliphatic heterocycles. The van der Waals surface area contributed by atoms with E-state index in [1.807, 2.05) is 32.9 Å². The molecule has 2 aromatic rings. The molecule has 1 amide bonds. The van der Waals surface area contributed by atoms with Gasteiger partial charge in [-0.1, -0.05) is 38.3 Å². The number of hydrogen-bond acceptors (Lipinski definition) is 5. The molecular formula is C24H34N2O3S. The Kier molecular flexibility index (Phi) is 9.03. The number of carbonyl (C=O) groups is 2. The summed E-state index contributed by atoms with van der Waals surface area (Å²) in [6.07, 6.45) is 5.98. The molecule has 6 heteroatoms. The highest BCUT2D eigenvalue weighted by atomic mass is 32.1. The number of thiazole rings is 1. The van der Waals surface area contributed by atoms with Gasteiger partial charge in [0.1, 0.15) is 5.01 Å². The predicted molar refractivity (Wildman–Crippen MR) is 122 cm³/mol. The highest BCUT2D eigenvalue weighted by Gasteiger charge is 2.28. The molecule has 0 spiro atoms. The molecule has 164 valence electrons. The largest absolute Gasteiger partial charge is 0.461 e. The Morgan fingerprint density at radius 3 is 2.37 bits per heavy atom. The first-order valence-corrected chi connectivity index (χ1v) is 11.7. The number of ether oxygens (including phenoxy) is 1. The van der Waals surface area contributed by atoms with Gasteiger partial charge in [0.2, 0.25) is 0 Å². The second kappa shape index (κ2) is 11.3. The molecule has 0 N–H and O–H groups in total. The van der Waals surface area contributed by atoms with Crippen LogP contribution in [-0.4, -0.2) is 33.9 Å². The van der Waals surface area contributed by atoms with E-state index in [1.54, 1.807) is 17.2 Å². The zero-order chi connectivity index (χ0) is 22.1. The van der Waals surface area contributed by atoms with Crippen molar-refractivity contribution in [2.75, 3.05) is 6.61 Å². The molecule has 0 radical (unpaired) electrons. The van der Waals surface area contributed by atoms with Crippen LogP contribution in [0, 0.1) is 0 Å². The Morgan fingerprint density at radius 1 is 1.07 bits per heavy atom. The minimum Gasteiger partial charge on any atom is -0.461 e. The highest BCUT2D eigenvalue weighted by molar-refractivity contribution is 7.09. The predicted octanol–water partition coefficient (Wildman–Crippen LogP) is 5.88. The van der Waals surface area contributed by atoms with Crippen molar-refractivity contribution in [2.24, 2.45) is 0 Å². The number of rotatable bonds is 10. The van der Waals surface area contributed by atoms with Crippen LogP contribution in [0.15, 0.2) is 29.6 Å². The Labute approximate surface area is 184 Å². The zero-order valence-corrected chi connectivity index (χ0v) is 19.7. The fourth-order valence-corrected chi connectivity index (χ4v) is 3.91. The van der Waals surface area contributed by atoms with E-state index in [4.69, 9.17) is 4.74 Å². The lowest BCUT2D eigenvalue weighted by atomic mass is 10.0. The van der Waals surface area contributed by atoms with Crippen LogP contribution in [0.25, 0.3) is 0 Å². The maximum atomic E-state index is 13.3. The van der Waals surface area contributed by atoms with Crippen LogP contribution in [0.3, 0.4) is 0 Å². The monoisotopic (exact) mass is 430 g/mol. The van der Waals surface area contributed by atoms with E-state index < -0.39 is 5.97 Å². The summed E-state index contributed by atoms with van der Waals surface area (Å²) in [6.45, 7) is 10.7. The van der Waals surface area contributed by atoms with Crippen molar-refractivity contribution in [1.82, 2.24) is 9.88 Å². The van der Waals surface area contributed by atoms with Crippen molar-refractivity contribution in [1.29, 1.82) is 0 Å². The van der Waals surface area contributed by atoms with E-state index in [0.717, 1.165) is 6.42 Å². The van der Waals surface area contributed by atoms with E-state index in [2.05, 4.69) is 24.0 Å². The molecule has 0 fully saturated rings. The normalized spacial score (nSPS) is 11.4. The third kappa shape index (κ3) is 6.94. The van der Waals surface area contributed by atoms with E-state index in [1.165, 1.54) is 42.6 Å². The first-order chi connectivity index (χ1) is 14.3. The number of carbonyl (C=O) groups excluding carboxylic acids is 2. The minimum atomic E-state index is -0.428. The molecule has 0 saturated carbocycles. The van der Waals surface area contributed by atoms with Gasteiger partial charge in [-0.05, 0) is 58.2 Å². The number of esters is 1. The molecule has 30 heavy (non-hydrogen) atoms. The SMILES string of the molecule is CCCCCCc1ccc(C(=O)N(Cc2nc(C(=O)OCC)cs2)C(C)(C)C)cc1. The summed E-state index contributed by atoms with van der Waals surface area (Å²) in [7, 11) is 0. The van der Waals surface area contributed by atoms with Crippen LogP contribution in [0.5, 0.6) is 0 Å². The van der Waals surface area contributed by atoms with Crippen molar-refractivity contribution >= 4 is 23.2 Å². The summed E-state index contributed by atoms with van der Waals surface area (Å²) >= 11 is 1.37. The molecule has 0 atom stereocenters. The lowest BCUT2D eigenvalue weighted by molar-refractivity contribution is 0.0520. The van der Waals surface area contributed by atoms with Crippen LogP contribution in [0.1, 0.15) is 91.7 Å². The molecule has 0 unspecified atom stereocenters. The quantitative estimate of drug-likeness (QED) is 0.349. The van der Waals surface area contributed by atoms with Crippen molar-refractivity contribution in [3.63, 3.8) is 0 Å². The average Bonchev–Trinajstić information content (AvgIpc) is 3.18. The molecule has 0 aliphatic carbocycles. The number of unbranched alkanes of at least 4 members (excludes halogenated alkanes) is 3. The lowest BCUT2D eigenvalue weighted by Crippen LogP contribution is -2.45. The fourth-order valence-electron chi connectivity index (χ4n) is 3.16. The summed E-state index contributed by atoms with van der Waals surface area (Å²) < 4.78 is 5.01. The molecule has 0 aliphatic rings. The van der Waals surface area contributed by atoms with Crippen molar-refractivity contribution in [3.05, 3.63) is 51.5 Å². The molecule has 0 bridgehead atoms. The van der Waals surface area contributed by atoms with Crippen LogP contribution in [0.2, 0.25) is 0 Å². The topological polar surface area (TPSA) is 59.5 Å². The van der Waals surface area contributed by atoms with Gasteiger partial charge in [-0.2, -0.15) is 0 Å². The van der Waals surface area contributed by atoms with Crippen LogP contribution in [0.4, 0.5) is 0 Å². The summed E-state index contributed by atoms with van der Waals surface area (Å²) in [6, 6.07) is 7.95. The number of aryl methyl sites for hydroxylation is 1. The summed E-state index contributed by atoms with van der Waals surface area (Å²) in [5, 5.41) is 2.40. The van der Waals surface area contributed by atoms with Gasteiger partial charge in [-0.15, -0.1) is 11.3 Å². The van der Waals surface area contributed by atoms with Gasteiger partial charge < -0.3 is 9.64 Å². The number of hydrogen-bond donors (Lipinski definition) is 0. The maximum absolute atomic E-state index is 13.3. The van der Waals surface area contributed by atoms with Gasteiger partial charge in [0.05, 0.1) is 13.2 Å². The second-order valence-corrected chi connectivity index (χ2v) is 9.36.